The first-order valence-electron chi connectivity index (χ1n) is 7.31. The monoisotopic (exact) mass is 298 g/mol. The standard InChI is InChI=1S/C15H26N2O2S/c1-3-4-5-6-7-13(2)17-20(18,19)15-10-8-14(12-16)9-11-15/h8-11,13,17H,3-7,12,16H2,1-2H3. The minimum absolute atomic E-state index is 0.0361. The lowest BCUT2D eigenvalue weighted by Crippen LogP contribution is -2.32. The summed E-state index contributed by atoms with van der Waals surface area (Å²) in [6.07, 6.45) is 5.49. The predicted octanol–water partition coefficient (Wildman–Crippen LogP) is 2.78. The van der Waals surface area contributed by atoms with E-state index in [-0.39, 0.29) is 6.04 Å². The zero-order valence-corrected chi connectivity index (χ0v) is 13.2. The summed E-state index contributed by atoms with van der Waals surface area (Å²) in [7, 11) is -3.42. The normalized spacial score (nSPS) is 13.3. The van der Waals surface area contributed by atoms with E-state index in [4.69, 9.17) is 5.73 Å². The molecular formula is C15H26N2O2S. The van der Waals surface area contributed by atoms with Crippen molar-refractivity contribution >= 4 is 10.0 Å². The Morgan fingerprint density at radius 1 is 1.15 bits per heavy atom. The van der Waals surface area contributed by atoms with Gasteiger partial charge >= 0.3 is 0 Å². The van der Waals surface area contributed by atoms with Crippen LogP contribution in [0.2, 0.25) is 0 Å². The molecule has 0 bridgehead atoms. The molecule has 0 radical (unpaired) electrons. The number of benzene rings is 1. The SMILES string of the molecule is CCCCCCC(C)NS(=O)(=O)c1ccc(CN)cc1. The van der Waals surface area contributed by atoms with Gasteiger partial charge in [0.05, 0.1) is 4.90 Å². The molecule has 1 rings (SSSR count). The number of nitrogens with one attached hydrogen (secondary N) is 1. The summed E-state index contributed by atoms with van der Waals surface area (Å²) in [5.74, 6) is 0. The van der Waals surface area contributed by atoms with Crippen LogP contribution in [-0.4, -0.2) is 14.5 Å². The Kier molecular flexibility index (Phi) is 7.19. The summed E-state index contributed by atoms with van der Waals surface area (Å²) in [5, 5.41) is 0. The summed E-state index contributed by atoms with van der Waals surface area (Å²) >= 11 is 0. The molecule has 0 amide bonds. The van der Waals surface area contributed by atoms with Crippen molar-refractivity contribution in [3.63, 3.8) is 0 Å². The van der Waals surface area contributed by atoms with Gasteiger partial charge in [-0.05, 0) is 31.0 Å². The quantitative estimate of drug-likeness (QED) is 0.689. The topological polar surface area (TPSA) is 72.2 Å². The van der Waals surface area contributed by atoms with Gasteiger partial charge in [-0.3, -0.25) is 0 Å². The van der Waals surface area contributed by atoms with Crippen LogP contribution in [0.1, 0.15) is 51.5 Å². The molecule has 0 aromatic heterocycles. The van der Waals surface area contributed by atoms with Crippen LogP contribution in [0.25, 0.3) is 0 Å². The molecule has 4 nitrogen and oxygen atoms in total. The van der Waals surface area contributed by atoms with E-state index >= 15 is 0 Å². The van der Waals surface area contributed by atoms with E-state index in [0.29, 0.717) is 11.4 Å². The molecule has 1 unspecified atom stereocenters. The van der Waals surface area contributed by atoms with Gasteiger partial charge in [0.1, 0.15) is 0 Å². The van der Waals surface area contributed by atoms with Gasteiger partial charge in [0.25, 0.3) is 0 Å². The fraction of sp³-hybridized carbons (Fsp3) is 0.600. The van der Waals surface area contributed by atoms with Crippen molar-refractivity contribution in [2.24, 2.45) is 5.73 Å². The maximum absolute atomic E-state index is 12.2. The second-order valence-electron chi connectivity index (χ2n) is 5.22. The molecule has 1 aromatic rings. The predicted molar refractivity (Wildman–Crippen MR) is 82.9 cm³/mol. The van der Waals surface area contributed by atoms with Gasteiger partial charge < -0.3 is 5.73 Å². The Balaban J connectivity index is 2.55. The summed E-state index contributed by atoms with van der Waals surface area (Å²) < 4.78 is 27.1. The van der Waals surface area contributed by atoms with Crippen molar-refractivity contribution in [2.45, 2.75) is 63.4 Å². The van der Waals surface area contributed by atoms with Gasteiger partial charge in [-0.25, -0.2) is 13.1 Å². The number of rotatable bonds is 9. The van der Waals surface area contributed by atoms with Crippen LogP contribution in [0.15, 0.2) is 29.2 Å². The Hall–Kier alpha value is -0.910. The maximum Gasteiger partial charge on any atom is 0.240 e. The van der Waals surface area contributed by atoms with E-state index in [1.165, 1.54) is 12.8 Å². The Morgan fingerprint density at radius 2 is 1.80 bits per heavy atom. The average Bonchev–Trinajstić information content (AvgIpc) is 2.43. The molecule has 1 aromatic carbocycles. The zero-order valence-electron chi connectivity index (χ0n) is 12.4. The number of sulfonamides is 1. The molecule has 0 spiro atoms. The number of nitrogens with two attached hydrogens (primary N) is 1. The largest absolute Gasteiger partial charge is 0.326 e. The molecule has 0 aliphatic carbocycles. The lowest BCUT2D eigenvalue weighted by Gasteiger charge is -2.14. The molecule has 0 heterocycles. The van der Waals surface area contributed by atoms with E-state index in [9.17, 15) is 8.42 Å². The highest BCUT2D eigenvalue weighted by atomic mass is 32.2. The molecule has 0 fully saturated rings. The van der Waals surface area contributed by atoms with Crippen molar-refractivity contribution in [2.75, 3.05) is 0 Å². The van der Waals surface area contributed by atoms with Crippen molar-refractivity contribution in [3.05, 3.63) is 29.8 Å². The smallest absolute Gasteiger partial charge is 0.240 e. The molecule has 114 valence electrons. The van der Waals surface area contributed by atoms with Crippen LogP contribution in [0.5, 0.6) is 0 Å². The summed E-state index contributed by atoms with van der Waals surface area (Å²) in [4.78, 5) is 0.301. The summed E-state index contributed by atoms with van der Waals surface area (Å²) in [6.45, 7) is 4.50. The lowest BCUT2D eigenvalue weighted by atomic mass is 10.1. The second kappa shape index (κ2) is 8.39. The van der Waals surface area contributed by atoms with Gasteiger partial charge in [0.15, 0.2) is 0 Å². The highest BCUT2D eigenvalue weighted by molar-refractivity contribution is 7.89. The van der Waals surface area contributed by atoms with Crippen molar-refractivity contribution in [3.8, 4) is 0 Å². The third kappa shape index (κ3) is 5.61. The third-order valence-corrected chi connectivity index (χ3v) is 4.92. The van der Waals surface area contributed by atoms with Crippen LogP contribution in [0.4, 0.5) is 0 Å². The number of hydrogen-bond donors (Lipinski definition) is 2. The Morgan fingerprint density at radius 3 is 2.35 bits per heavy atom. The van der Waals surface area contributed by atoms with Crippen LogP contribution >= 0.6 is 0 Å². The number of unbranched alkanes of at least 4 members (excludes halogenated alkanes) is 3. The molecule has 3 N–H and O–H groups in total. The van der Waals surface area contributed by atoms with E-state index in [1.807, 2.05) is 6.92 Å². The first-order chi connectivity index (χ1) is 9.49. The fourth-order valence-electron chi connectivity index (χ4n) is 2.07. The summed E-state index contributed by atoms with van der Waals surface area (Å²) in [5.41, 5.74) is 6.43. The second-order valence-corrected chi connectivity index (χ2v) is 6.93. The van der Waals surface area contributed by atoms with Gasteiger partial charge in [0, 0.05) is 12.6 Å². The van der Waals surface area contributed by atoms with Gasteiger partial charge in [-0.1, -0.05) is 44.7 Å². The molecule has 0 saturated heterocycles. The minimum atomic E-state index is -3.42. The van der Waals surface area contributed by atoms with Crippen molar-refractivity contribution in [1.82, 2.24) is 4.72 Å². The minimum Gasteiger partial charge on any atom is -0.326 e. The molecular weight excluding hydrogens is 272 g/mol. The van der Waals surface area contributed by atoms with E-state index in [1.54, 1.807) is 24.3 Å². The third-order valence-electron chi connectivity index (χ3n) is 3.32. The van der Waals surface area contributed by atoms with Crippen molar-refractivity contribution in [1.29, 1.82) is 0 Å². The van der Waals surface area contributed by atoms with Crippen LogP contribution in [0.3, 0.4) is 0 Å². The van der Waals surface area contributed by atoms with E-state index < -0.39 is 10.0 Å². The van der Waals surface area contributed by atoms with Crippen LogP contribution in [0, 0.1) is 0 Å². The molecule has 0 aliphatic rings. The molecule has 1 atom stereocenters. The molecule has 0 aliphatic heterocycles. The Bertz CT molecular complexity index is 483. The lowest BCUT2D eigenvalue weighted by molar-refractivity contribution is 0.522. The van der Waals surface area contributed by atoms with Crippen molar-refractivity contribution < 1.29 is 8.42 Å². The van der Waals surface area contributed by atoms with E-state index in [2.05, 4.69) is 11.6 Å². The number of hydrogen-bond acceptors (Lipinski definition) is 3. The van der Waals surface area contributed by atoms with Gasteiger partial charge in [0.2, 0.25) is 10.0 Å². The molecule has 20 heavy (non-hydrogen) atoms. The first kappa shape index (κ1) is 17.1. The fourth-order valence-corrected chi connectivity index (χ4v) is 3.35. The maximum atomic E-state index is 12.2. The van der Waals surface area contributed by atoms with Crippen LogP contribution in [-0.2, 0) is 16.6 Å². The van der Waals surface area contributed by atoms with Crippen LogP contribution < -0.4 is 10.5 Å². The Labute approximate surface area is 122 Å². The van der Waals surface area contributed by atoms with E-state index in [0.717, 1.165) is 24.8 Å². The molecule has 5 heteroatoms. The highest BCUT2D eigenvalue weighted by Crippen LogP contribution is 2.12. The molecule has 0 saturated carbocycles. The average molecular weight is 298 g/mol. The van der Waals surface area contributed by atoms with Gasteiger partial charge in [-0.15, -0.1) is 0 Å². The first-order valence-corrected chi connectivity index (χ1v) is 8.79. The highest BCUT2D eigenvalue weighted by Gasteiger charge is 2.16. The summed E-state index contributed by atoms with van der Waals surface area (Å²) in [6, 6.07) is 6.68. The van der Waals surface area contributed by atoms with Gasteiger partial charge in [-0.2, -0.15) is 0 Å². The zero-order chi connectivity index (χ0) is 15.0.